The summed E-state index contributed by atoms with van der Waals surface area (Å²) in [6.07, 6.45) is 1.75. The third-order valence-corrected chi connectivity index (χ3v) is 4.79. The molecule has 0 aliphatic carbocycles. The topological polar surface area (TPSA) is 58.2 Å². The zero-order chi connectivity index (χ0) is 13.2. The van der Waals surface area contributed by atoms with Gasteiger partial charge in [0.15, 0.2) is 0 Å². The minimum Gasteiger partial charge on any atom is -0.315 e. The lowest BCUT2D eigenvalue weighted by Gasteiger charge is -2.24. The van der Waals surface area contributed by atoms with Crippen LogP contribution in [0, 0.1) is 12.7 Å². The molecule has 1 atom stereocenters. The summed E-state index contributed by atoms with van der Waals surface area (Å²) in [7, 11) is -3.64. The molecule has 6 heteroatoms. The molecule has 1 fully saturated rings. The molecule has 1 aromatic carbocycles. The van der Waals surface area contributed by atoms with Crippen molar-refractivity contribution < 1.29 is 12.8 Å². The number of nitrogens with one attached hydrogen (secondary N) is 2. The van der Waals surface area contributed by atoms with Crippen molar-refractivity contribution in [3.8, 4) is 0 Å². The molecule has 0 saturated carbocycles. The van der Waals surface area contributed by atoms with Gasteiger partial charge in [-0.05, 0) is 38.4 Å². The van der Waals surface area contributed by atoms with Gasteiger partial charge in [0.05, 0.1) is 4.90 Å². The second-order valence-electron chi connectivity index (χ2n) is 4.53. The molecule has 18 heavy (non-hydrogen) atoms. The van der Waals surface area contributed by atoms with Crippen molar-refractivity contribution in [2.75, 3.05) is 13.1 Å². The molecule has 0 aromatic heterocycles. The molecule has 0 unspecified atom stereocenters. The molecular formula is C12H17FN2O2S. The summed E-state index contributed by atoms with van der Waals surface area (Å²) in [5, 5.41) is 3.13. The monoisotopic (exact) mass is 272 g/mol. The fraction of sp³-hybridized carbons (Fsp3) is 0.500. The van der Waals surface area contributed by atoms with E-state index in [2.05, 4.69) is 10.0 Å². The van der Waals surface area contributed by atoms with Gasteiger partial charge in [0.2, 0.25) is 10.0 Å². The van der Waals surface area contributed by atoms with Gasteiger partial charge >= 0.3 is 0 Å². The number of rotatable bonds is 3. The largest absolute Gasteiger partial charge is 0.315 e. The molecule has 2 N–H and O–H groups in total. The molecule has 0 amide bonds. The van der Waals surface area contributed by atoms with Crippen LogP contribution in [0.3, 0.4) is 0 Å². The van der Waals surface area contributed by atoms with Gasteiger partial charge in [-0.2, -0.15) is 0 Å². The zero-order valence-corrected chi connectivity index (χ0v) is 11.1. The van der Waals surface area contributed by atoms with Crippen LogP contribution in [0.2, 0.25) is 0 Å². The summed E-state index contributed by atoms with van der Waals surface area (Å²) < 4.78 is 40.3. The van der Waals surface area contributed by atoms with Crippen LogP contribution in [0.15, 0.2) is 23.1 Å². The first kappa shape index (κ1) is 13.5. The van der Waals surface area contributed by atoms with E-state index in [1.54, 1.807) is 0 Å². The van der Waals surface area contributed by atoms with Crippen LogP contribution in [0.1, 0.15) is 18.4 Å². The maximum atomic E-state index is 13.4. The van der Waals surface area contributed by atoms with Crippen molar-refractivity contribution >= 4 is 10.0 Å². The Kier molecular flexibility index (Phi) is 3.99. The Hall–Kier alpha value is -0.980. The summed E-state index contributed by atoms with van der Waals surface area (Å²) in [5.74, 6) is -0.500. The van der Waals surface area contributed by atoms with Crippen molar-refractivity contribution in [1.82, 2.24) is 10.0 Å². The van der Waals surface area contributed by atoms with Crippen LogP contribution in [0.5, 0.6) is 0 Å². The van der Waals surface area contributed by atoms with Gasteiger partial charge in [0.1, 0.15) is 5.82 Å². The van der Waals surface area contributed by atoms with E-state index in [0.717, 1.165) is 19.4 Å². The van der Waals surface area contributed by atoms with E-state index in [0.29, 0.717) is 6.54 Å². The van der Waals surface area contributed by atoms with Gasteiger partial charge in [0, 0.05) is 18.2 Å². The lowest BCUT2D eigenvalue weighted by atomic mass is 10.1. The van der Waals surface area contributed by atoms with E-state index >= 15 is 0 Å². The highest BCUT2D eigenvalue weighted by Gasteiger charge is 2.23. The number of halogens is 1. The normalized spacial score (nSPS) is 20.9. The second-order valence-corrected chi connectivity index (χ2v) is 6.21. The summed E-state index contributed by atoms with van der Waals surface area (Å²) >= 11 is 0. The molecule has 2 rings (SSSR count). The molecule has 0 radical (unpaired) electrons. The highest BCUT2D eigenvalue weighted by Crippen LogP contribution is 2.18. The van der Waals surface area contributed by atoms with E-state index in [4.69, 9.17) is 0 Å². The molecule has 0 spiro atoms. The molecular weight excluding hydrogens is 255 g/mol. The lowest BCUT2D eigenvalue weighted by molar-refractivity contribution is 0.428. The zero-order valence-electron chi connectivity index (χ0n) is 10.2. The Morgan fingerprint density at radius 3 is 2.89 bits per heavy atom. The first-order valence-corrected chi connectivity index (χ1v) is 7.47. The van der Waals surface area contributed by atoms with Crippen molar-refractivity contribution in [2.45, 2.75) is 30.7 Å². The fourth-order valence-corrected chi connectivity index (χ4v) is 3.64. The summed E-state index contributed by atoms with van der Waals surface area (Å²) in [6, 6.07) is 3.98. The van der Waals surface area contributed by atoms with E-state index in [1.807, 2.05) is 0 Å². The summed E-state index contributed by atoms with van der Waals surface area (Å²) in [4.78, 5) is 0.0214. The molecule has 100 valence electrons. The third-order valence-electron chi connectivity index (χ3n) is 3.13. The van der Waals surface area contributed by atoms with E-state index in [1.165, 1.54) is 25.1 Å². The minimum absolute atomic E-state index is 0.0214. The Morgan fingerprint density at radius 1 is 1.44 bits per heavy atom. The van der Waals surface area contributed by atoms with Crippen LogP contribution in [-0.2, 0) is 10.0 Å². The SMILES string of the molecule is Cc1c(F)cccc1S(=O)(=O)N[C@H]1CCCNC1. The molecule has 1 aliphatic heterocycles. The van der Waals surface area contributed by atoms with Crippen molar-refractivity contribution in [3.63, 3.8) is 0 Å². The smallest absolute Gasteiger partial charge is 0.241 e. The second kappa shape index (κ2) is 5.34. The van der Waals surface area contributed by atoms with E-state index < -0.39 is 15.8 Å². The van der Waals surface area contributed by atoms with Crippen molar-refractivity contribution in [3.05, 3.63) is 29.6 Å². The van der Waals surface area contributed by atoms with Crippen LogP contribution >= 0.6 is 0 Å². The standard InChI is InChI=1S/C12H17FN2O2S/c1-9-11(13)5-2-6-12(9)18(16,17)15-10-4-3-7-14-8-10/h2,5-6,10,14-15H,3-4,7-8H2,1H3/t10-/m0/s1. The summed E-state index contributed by atoms with van der Waals surface area (Å²) in [5.41, 5.74) is 0.161. The molecule has 1 saturated heterocycles. The average molecular weight is 272 g/mol. The molecule has 1 aromatic rings. The average Bonchev–Trinajstić information content (AvgIpc) is 2.33. The number of piperidine rings is 1. The first-order chi connectivity index (χ1) is 8.50. The molecule has 1 aliphatic rings. The van der Waals surface area contributed by atoms with E-state index in [-0.39, 0.29) is 16.5 Å². The maximum absolute atomic E-state index is 13.4. The number of sulfonamides is 1. The number of benzene rings is 1. The Morgan fingerprint density at radius 2 is 2.22 bits per heavy atom. The molecule has 4 nitrogen and oxygen atoms in total. The van der Waals surface area contributed by atoms with Crippen LogP contribution in [-0.4, -0.2) is 27.5 Å². The van der Waals surface area contributed by atoms with Gasteiger partial charge in [-0.15, -0.1) is 0 Å². The van der Waals surface area contributed by atoms with Crippen LogP contribution in [0.25, 0.3) is 0 Å². The van der Waals surface area contributed by atoms with Crippen molar-refractivity contribution in [1.29, 1.82) is 0 Å². The van der Waals surface area contributed by atoms with Crippen LogP contribution in [0.4, 0.5) is 4.39 Å². The van der Waals surface area contributed by atoms with Gasteiger partial charge in [-0.25, -0.2) is 17.5 Å². The predicted molar refractivity (Wildman–Crippen MR) is 67.4 cm³/mol. The molecule has 0 bridgehead atoms. The van der Waals surface area contributed by atoms with Crippen LogP contribution < -0.4 is 10.0 Å². The highest BCUT2D eigenvalue weighted by atomic mass is 32.2. The first-order valence-electron chi connectivity index (χ1n) is 5.99. The Bertz CT molecular complexity index is 525. The van der Waals surface area contributed by atoms with E-state index in [9.17, 15) is 12.8 Å². The lowest BCUT2D eigenvalue weighted by Crippen LogP contribution is -2.45. The van der Waals surface area contributed by atoms with Gasteiger partial charge in [-0.1, -0.05) is 6.07 Å². The van der Waals surface area contributed by atoms with Gasteiger partial charge in [0.25, 0.3) is 0 Å². The predicted octanol–water partition coefficient (Wildman–Crippen LogP) is 1.16. The molecule has 1 heterocycles. The minimum atomic E-state index is -3.64. The van der Waals surface area contributed by atoms with Crippen molar-refractivity contribution in [2.24, 2.45) is 0 Å². The third kappa shape index (κ3) is 2.88. The number of hydrogen-bond donors (Lipinski definition) is 2. The maximum Gasteiger partial charge on any atom is 0.241 e. The summed E-state index contributed by atoms with van der Waals surface area (Å²) in [6.45, 7) is 3.01. The number of hydrogen-bond acceptors (Lipinski definition) is 3. The van der Waals surface area contributed by atoms with Gasteiger partial charge < -0.3 is 5.32 Å². The highest BCUT2D eigenvalue weighted by molar-refractivity contribution is 7.89. The quantitative estimate of drug-likeness (QED) is 0.868. The Balaban J connectivity index is 2.22. The van der Waals surface area contributed by atoms with Gasteiger partial charge in [-0.3, -0.25) is 0 Å². The Labute approximate surface area is 107 Å². The fourth-order valence-electron chi connectivity index (χ4n) is 2.11.